The van der Waals surface area contributed by atoms with Crippen molar-refractivity contribution >= 4 is 39.4 Å². The quantitative estimate of drug-likeness (QED) is 0.263. The fraction of sp³-hybridized carbons (Fsp3) is 0.150. The van der Waals surface area contributed by atoms with Crippen LogP contribution in [0.1, 0.15) is 28.2 Å². The van der Waals surface area contributed by atoms with Crippen molar-refractivity contribution in [3.63, 3.8) is 0 Å². The molecule has 0 N–H and O–H groups in total. The molecular weight excluding hydrogens is 353 g/mol. The summed E-state index contributed by atoms with van der Waals surface area (Å²) in [6, 6.07) is 13.1. The van der Waals surface area contributed by atoms with E-state index in [1.807, 2.05) is 24.3 Å². The van der Waals surface area contributed by atoms with Gasteiger partial charge in [0.05, 0.1) is 16.8 Å². The van der Waals surface area contributed by atoms with Crippen LogP contribution in [0.25, 0.3) is 16.3 Å². The van der Waals surface area contributed by atoms with E-state index in [4.69, 9.17) is 4.74 Å². The number of ether oxygens (including phenoxy) is 1. The van der Waals surface area contributed by atoms with E-state index in [2.05, 4.69) is 4.98 Å². The molecule has 1 heterocycles. The number of carbonyl (C=O) groups excluding carboxylic acids is 2. The number of ketones is 1. The van der Waals surface area contributed by atoms with Gasteiger partial charge in [-0.15, -0.1) is 11.3 Å². The predicted molar refractivity (Wildman–Crippen MR) is 99.6 cm³/mol. The highest BCUT2D eigenvalue weighted by Gasteiger charge is 2.07. The van der Waals surface area contributed by atoms with Gasteiger partial charge in [-0.2, -0.15) is 0 Å². The van der Waals surface area contributed by atoms with E-state index in [1.54, 1.807) is 6.08 Å². The van der Waals surface area contributed by atoms with Gasteiger partial charge in [-0.3, -0.25) is 4.79 Å². The third-order valence-electron chi connectivity index (χ3n) is 3.63. The molecule has 0 aliphatic heterocycles. The van der Waals surface area contributed by atoms with E-state index in [-0.39, 0.29) is 24.6 Å². The van der Waals surface area contributed by atoms with E-state index in [9.17, 15) is 14.0 Å². The summed E-state index contributed by atoms with van der Waals surface area (Å²) < 4.78 is 19.0. The Morgan fingerprint density at radius 2 is 1.88 bits per heavy atom. The minimum absolute atomic E-state index is 0.105. The van der Waals surface area contributed by atoms with Gasteiger partial charge in [-0.25, -0.2) is 14.2 Å². The molecule has 0 spiro atoms. The highest BCUT2D eigenvalue weighted by Crippen LogP contribution is 2.22. The summed E-state index contributed by atoms with van der Waals surface area (Å²) >= 11 is 1.49. The minimum Gasteiger partial charge on any atom is -0.463 e. The van der Waals surface area contributed by atoms with Crippen molar-refractivity contribution in [2.45, 2.75) is 12.8 Å². The summed E-state index contributed by atoms with van der Waals surface area (Å²) in [5, 5.41) is 0.731. The van der Waals surface area contributed by atoms with Gasteiger partial charge in [0.2, 0.25) is 0 Å². The van der Waals surface area contributed by atoms with Gasteiger partial charge in [-0.1, -0.05) is 12.1 Å². The number of aromatic nitrogens is 1. The molecule has 0 saturated heterocycles. The number of para-hydroxylation sites is 1. The maximum atomic E-state index is 12.8. The molecular formula is C20H16FNO3S. The second-order valence-electron chi connectivity index (χ2n) is 5.55. The number of carbonyl (C=O) groups is 2. The highest BCUT2D eigenvalue weighted by molar-refractivity contribution is 7.19. The Morgan fingerprint density at radius 1 is 1.12 bits per heavy atom. The first-order valence-electron chi connectivity index (χ1n) is 8.11. The van der Waals surface area contributed by atoms with Crippen molar-refractivity contribution < 1.29 is 18.7 Å². The molecule has 0 unspecified atom stereocenters. The molecule has 0 aliphatic rings. The van der Waals surface area contributed by atoms with Gasteiger partial charge < -0.3 is 4.74 Å². The Morgan fingerprint density at radius 3 is 2.65 bits per heavy atom. The van der Waals surface area contributed by atoms with Crippen molar-refractivity contribution in [2.75, 3.05) is 6.61 Å². The Balaban J connectivity index is 1.42. The molecule has 0 radical (unpaired) electrons. The third-order valence-corrected chi connectivity index (χ3v) is 4.63. The molecule has 0 amide bonds. The number of thiazole rings is 1. The maximum Gasteiger partial charge on any atom is 0.330 e. The number of fused-ring (bicyclic) bond motifs is 1. The van der Waals surface area contributed by atoms with Crippen LogP contribution in [-0.2, 0) is 9.53 Å². The molecule has 2 aromatic carbocycles. The standard InChI is InChI=1S/C20H16FNO3S/c21-15-9-7-14(8-10-15)17(23)5-3-13-25-20(24)12-11-19-22-16-4-1-2-6-18(16)26-19/h1-2,4,6-12H,3,5,13H2. The third kappa shape index (κ3) is 4.83. The van der Waals surface area contributed by atoms with Crippen LogP contribution in [0.2, 0.25) is 0 Å². The summed E-state index contributed by atoms with van der Waals surface area (Å²) in [4.78, 5) is 28.0. The van der Waals surface area contributed by atoms with E-state index in [0.717, 1.165) is 15.2 Å². The lowest BCUT2D eigenvalue weighted by Crippen LogP contribution is -2.05. The number of rotatable bonds is 7. The largest absolute Gasteiger partial charge is 0.463 e. The average Bonchev–Trinajstić information content (AvgIpc) is 3.07. The average molecular weight is 369 g/mol. The molecule has 0 atom stereocenters. The molecule has 4 nitrogen and oxygen atoms in total. The molecule has 0 saturated carbocycles. The molecule has 26 heavy (non-hydrogen) atoms. The van der Waals surface area contributed by atoms with Crippen LogP contribution >= 0.6 is 11.3 Å². The lowest BCUT2D eigenvalue weighted by atomic mass is 10.1. The number of hydrogen-bond acceptors (Lipinski definition) is 5. The van der Waals surface area contributed by atoms with E-state index in [0.29, 0.717) is 12.0 Å². The number of hydrogen-bond donors (Lipinski definition) is 0. The molecule has 0 aliphatic carbocycles. The van der Waals surface area contributed by atoms with E-state index < -0.39 is 5.97 Å². The second kappa shape index (κ2) is 8.49. The number of Topliss-reactive ketones (excluding diaryl/α,β-unsaturated/α-hetero) is 1. The van der Waals surface area contributed by atoms with Crippen molar-refractivity contribution in [3.8, 4) is 0 Å². The van der Waals surface area contributed by atoms with Crippen LogP contribution in [-0.4, -0.2) is 23.3 Å². The monoisotopic (exact) mass is 369 g/mol. The summed E-state index contributed by atoms with van der Waals surface area (Å²) in [5.74, 6) is -0.958. The normalized spacial score (nSPS) is 11.1. The van der Waals surface area contributed by atoms with E-state index >= 15 is 0 Å². The fourth-order valence-corrected chi connectivity index (χ4v) is 3.20. The summed E-state index contributed by atoms with van der Waals surface area (Å²) in [6.07, 6.45) is 3.60. The molecule has 132 valence electrons. The van der Waals surface area contributed by atoms with Crippen LogP contribution < -0.4 is 0 Å². The Kier molecular flexibility index (Phi) is 5.86. The van der Waals surface area contributed by atoms with Gasteiger partial charge in [0.15, 0.2) is 5.78 Å². The first kappa shape index (κ1) is 17.9. The zero-order valence-corrected chi connectivity index (χ0v) is 14.7. The smallest absolute Gasteiger partial charge is 0.330 e. The van der Waals surface area contributed by atoms with Gasteiger partial charge in [0.25, 0.3) is 0 Å². The van der Waals surface area contributed by atoms with Crippen molar-refractivity contribution in [1.82, 2.24) is 4.98 Å². The number of esters is 1. The van der Waals surface area contributed by atoms with Gasteiger partial charge >= 0.3 is 5.97 Å². The molecule has 6 heteroatoms. The summed E-state index contributed by atoms with van der Waals surface area (Å²) in [6.45, 7) is 0.149. The lowest BCUT2D eigenvalue weighted by Gasteiger charge is -2.02. The molecule has 0 bridgehead atoms. The zero-order chi connectivity index (χ0) is 18.4. The summed E-state index contributed by atoms with van der Waals surface area (Å²) in [7, 11) is 0. The Bertz CT molecular complexity index is 914. The first-order chi connectivity index (χ1) is 12.6. The SMILES string of the molecule is O=C(C=Cc1nc2ccccc2s1)OCCCC(=O)c1ccc(F)cc1. The minimum atomic E-state index is -0.474. The lowest BCUT2D eigenvalue weighted by molar-refractivity contribution is -0.137. The number of nitrogens with zero attached hydrogens (tertiary/aromatic N) is 1. The Labute approximate surface area is 153 Å². The van der Waals surface area contributed by atoms with Crippen LogP contribution in [0.15, 0.2) is 54.6 Å². The van der Waals surface area contributed by atoms with Crippen LogP contribution in [0.4, 0.5) is 4.39 Å². The highest BCUT2D eigenvalue weighted by atomic mass is 32.1. The molecule has 0 fully saturated rings. The van der Waals surface area contributed by atoms with Crippen LogP contribution in [0, 0.1) is 5.82 Å². The van der Waals surface area contributed by atoms with E-state index in [1.165, 1.54) is 41.7 Å². The topological polar surface area (TPSA) is 56.3 Å². The van der Waals surface area contributed by atoms with Gasteiger partial charge in [-0.05, 0) is 48.9 Å². The summed E-state index contributed by atoms with van der Waals surface area (Å²) in [5.41, 5.74) is 1.35. The van der Waals surface area contributed by atoms with Crippen LogP contribution in [0.3, 0.4) is 0 Å². The second-order valence-corrected chi connectivity index (χ2v) is 6.62. The molecule has 3 rings (SSSR count). The zero-order valence-electron chi connectivity index (χ0n) is 13.9. The van der Waals surface area contributed by atoms with Crippen molar-refractivity contribution in [1.29, 1.82) is 0 Å². The first-order valence-corrected chi connectivity index (χ1v) is 8.92. The molecule has 1 aromatic heterocycles. The number of benzene rings is 2. The predicted octanol–water partition coefficient (Wildman–Crippen LogP) is 4.65. The van der Waals surface area contributed by atoms with Crippen LogP contribution in [0.5, 0.6) is 0 Å². The van der Waals surface area contributed by atoms with Crippen molar-refractivity contribution in [2.24, 2.45) is 0 Å². The van der Waals surface area contributed by atoms with Crippen molar-refractivity contribution in [3.05, 3.63) is 71.0 Å². The van der Waals surface area contributed by atoms with Gasteiger partial charge in [0, 0.05) is 18.1 Å². The maximum absolute atomic E-state index is 12.8. The Hall–Kier alpha value is -2.86. The molecule has 3 aromatic rings. The van der Waals surface area contributed by atoms with Gasteiger partial charge in [0.1, 0.15) is 10.8 Å². The number of halogens is 1. The fourth-order valence-electron chi connectivity index (χ4n) is 2.33.